The molecule has 45 heavy (non-hydrogen) atoms. The predicted octanol–water partition coefficient (Wildman–Crippen LogP) is 7.62. The summed E-state index contributed by atoms with van der Waals surface area (Å²) in [6, 6.07) is 28.0. The third-order valence-electron chi connectivity index (χ3n) is 9.17. The highest BCUT2D eigenvalue weighted by atomic mass is 35.5. The Kier molecular flexibility index (Phi) is 10.3. The second kappa shape index (κ2) is 14.9. The van der Waals surface area contributed by atoms with Gasteiger partial charge in [-0.15, -0.1) is 12.4 Å². The molecule has 0 amide bonds. The first kappa shape index (κ1) is 31.0. The van der Waals surface area contributed by atoms with Crippen LogP contribution >= 0.6 is 12.4 Å². The molecule has 0 radical (unpaired) electrons. The first-order chi connectivity index (χ1) is 21.8. The van der Waals surface area contributed by atoms with Crippen molar-refractivity contribution in [3.8, 4) is 11.1 Å². The maximum absolute atomic E-state index is 4.99. The lowest BCUT2D eigenvalue weighted by Crippen LogP contribution is -2.34. The first-order valence-electron chi connectivity index (χ1n) is 16.1. The van der Waals surface area contributed by atoms with Crippen molar-refractivity contribution in [1.29, 1.82) is 0 Å². The number of hydrogen-bond donors (Lipinski definition) is 0. The van der Waals surface area contributed by atoms with Crippen LogP contribution in [0.3, 0.4) is 0 Å². The Morgan fingerprint density at radius 1 is 0.622 bits per heavy atom. The number of aromatic nitrogens is 4. The highest BCUT2D eigenvalue weighted by Crippen LogP contribution is 2.39. The van der Waals surface area contributed by atoms with Gasteiger partial charge in [0.1, 0.15) is 0 Å². The summed E-state index contributed by atoms with van der Waals surface area (Å²) >= 11 is 0. The Hall–Kier alpha value is -3.97. The van der Waals surface area contributed by atoms with Crippen LogP contribution in [-0.2, 0) is 32.5 Å². The molecule has 7 heteroatoms. The molecule has 4 heterocycles. The zero-order valence-electron chi connectivity index (χ0n) is 25.8. The minimum Gasteiger partial charge on any atom is -0.292 e. The number of halogens is 1. The molecule has 1 unspecified atom stereocenters. The van der Waals surface area contributed by atoms with E-state index in [4.69, 9.17) is 9.97 Å². The maximum atomic E-state index is 4.99. The molecule has 0 spiro atoms. The molecule has 0 saturated carbocycles. The van der Waals surface area contributed by atoms with Crippen LogP contribution in [0.25, 0.3) is 11.1 Å². The number of benzene rings is 1. The number of unbranched alkanes of at least 4 members (excludes halogenated alkanes) is 1. The summed E-state index contributed by atoms with van der Waals surface area (Å²) in [5.41, 5.74) is 11.6. The Bertz CT molecular complexity index is 1640. The molecule has 5 aromatic rings. The molecule has 1 aromatic carbocycles. The van der Waals surface area contributed by atoms with Gasteiger partial charge < -0.3 is 0 Å². The average molecular weight is 617 g/mol. The zero-order valence-corrected chi connectivity index (χ0v) is 26.6. The summed E-state index contributed by atoms with van der Waals surface area (Å²) in [5.74, 6) is 0. The minimum atomic E-state index is 0. The molecule has 2 aliphatic rings. The highest BCUT2D eigenvalue weighted by molar-refractivity contribution is 5.85. The van der Waals surface area contributed by atoms with Crippen LogP contribution < -0.4 is 0 Å². The van der Waals surface area contributed by atoms with Gasteiger partial charge in [0.15, 0.2) is 0 Å². The second-order valence-electron chi connectivity index (χ2n) is 12.1. The van der Waals surface area contributed by atoms with E-state index in [1.807, 2.05) is 36.9 Å². The quantitative estimate of drug-likeness (QED) is 0.132. The maximum Gasteiger partial charge on any atom is 0.0607 e. The number of aryl methyl sites for hydroxylation is 1. The fraction of sp³-hybridized carbons (Fsp3) is 0.316. The first-order valence-corrected chi connectivity index (χ1v) is 16.1. The van der Waals surface area contributed by atoms with Gasteiger partial charge in [0, 0.05) is 50.8 Å². The Morgan fingerprint density at radius 3 is 2.11 bits per heavy atom. The van der Waals surface area contributed by atoms with E-state index in [2.05, 4.69) is 86.5 Å². The fourth-order valence-corrected chi connectivity index (χ4v) is 7.03. The van der Waals surface area contributed by atoms with Crippen molar-refractivity contribution in [2.24, 2.45) is 0 Å². The Balaban J connectivity index is 0.00000357. The SMILES string of the molecule is Cl.c1ccc(CN(CCCCN(Cc2nccc3c2Cc2ccccc2-3)C2CCCc3cccnc32)Cc2ccccn2)nc1. The minimum absolute atomic E-state index is 0. The van der Waals surface area contributed by atoms with Gasteiger partial charge in [0.25, 0.3) is 0 Å². The van der Waals surface area contributed by atoms with Crippen LogP contribution in [0.4, 0.5) is 0 Å². The van der Waals surface area contributed by atoms with Crippen LogP contribution in [-0.4, -0.2) is 42.8 Å². The van der Waals surface area contributed by atoms with Crippen LogP contribution in [0.1, 0.15) is 71.2 Å². The standard InChI is InChI=1S/C38H40N6.ClH/c1-2-16-33-30(11-1)25-35-34(33)18-22-41-36(35)28-44(37-17-9-12-29-13-10-21-42-38(29)37)24-8-7-23-43(26-31-14-3-5-19-39-31)27-32-15-4-6-20-40-32;/h1-6,10-11,13-16,18-22,37H,7-9,12,17,23-28H2;1H. The van der Waals surface area contributed by atoms with Crippen molar-refractivity contribution < 1.29 is 0 Å². The molecule has 7 rings (SSSR count). The molecular formula is C38H41ClN6. The highest BCUT2D eigenvalue weighted by Gasteiger charge is 2.29. The molecule has 1 atom stereocenters. The zero-order chi connectivity index (χ0) is 29.6. The van der Waals surface area contributed by atoms with E-state index >= 15 is 0 Å². The fourth-order valence-electron chi connectivity index (χ4n) is 7.03. The largest absolute Gasteiger partial charge is 0.292 e. The smallest absolute Gasteiger partial charge is 0.0607 e. The van der Waals surface area contributed by atoms with Crippen molar-refractivity contribution in [2.45, 2.75) is 64.2 Å². The van der Waals surface area contributed by atoms with Crippen LogP contribution in [0.2, 0.25) is 0 Å². The molecule has 0 fully saturated rings. The number of rotatable bonds is 12. The lowest BCUT2D eigenvalue weighted by Gasteiger charge is -2.35. The number of nitrogens with zero attached hydrogens (tertiary/aromatic N) is 6. The van der Waals surface area contributed by atoms with Gasteiger partial charge in [0.2, 0.25) is 0 Å². The van der Waals surface area contributed by atoms with E-state index in [0.717, 1.165) is 76.2 Å². The van der Waals surface area contributed by atoms with Crippen molar-refractivity contribution in [3.63, 3.8) is 0 Å². The van der Waals surface area contributed by atoms with E-state index in [9.17, 15) is 0 Å². The van der Waals surface area contributed by atoms with Crippen molar-refractivity contribution in [1.82, 2.24) is 29.7 Å². The van der Waals surface area contributed by atoms with Crippen molar-refractivity contribution in [2.75, 3.05) is 13.1 Å². The van der Waals surface area contributed by atoms with Crippen LogP contribution in [0.15, 0.2) is 104 Å². The van der Waals surface area contributed by atoms with E-state index in [-0.39, 0.29) is 12.4 Å². The topological polar surface area (TPSA) is 58.0 Å². The molecular weight excluding hydrogens is 576 g/mol. The van der Waals surface area contributed by atoms with Crippen molar-refractivity contribution >= 4 is 12.4 Å². The Morgan fingerprint density at radius 2 is 1.33 bits per heavy atom. The molecule has 0 bridgehead atoms. The molecule has 0 N–H and O–H groups in total. The molecule has 2 aliphatic carbocycles. The molecule has 0 aliphatic heterocycles. The lowest BCUT2D eigenvalue weighted by molar-refractivity contribution is 0.155. The van der Waals surface area contributed by atoms with Gasteiger partial charge in [-0.25, -0.2) is 0 Å². The molecule has 0 saturated heterocycles. The van der Waals surface area contributed by atoms with E-state index in [1.54, 1.807) is 0 Å². The van der Waals surface area contributed by atoms with Gasteiger partial charge >= 0.3 is 0 Å². The third kappa shape index (κ3) is 7.30. The van der Waals surface area contributed by atoms with Crippen LogP contribution in [0.5, 0.6) is 0 Å². The molecule has 4 aromatic heterocycles. The second-order valence-corrected chi connectivity index (χ2v) is 12.1. The summed E-state index contributed by atoms with van der Waals surface area (Å²) in [7, 11) is 0. The monoisotopic (exact) mass is 616 g/mol. The Labute approximate surface area is 273 Å². The molecule has 6 nitrogen and oxygen atoms in total. The molecule has 230 valence electrons. The number of hydrogen-bond acceptors (Lipinski definition) is 6. The van der Waals surface area contributed by atoms with Gasteiger partial charge in [-0.05, 0) is 109 Å². The summed E-state index contributed by atoms with van der Waals surface area (Å²) in [6.45, 7) is 4.50. The van der Waals surface area contributed by atoms with Gasteiger partial charge in [-0.2, -0.15) is 0 Å². The summed E-state index contributed by atoms with van der Waals surface area (Å²) in [4.78, 5) is 24.3. The van der Waals surface area contributed by atoms with E-state index in [0.29, 0.717) is 6.04 Å². The van der Waals surface area contributed by atoms with Gasteiger partial charge in [-0.3, -0.25) is 29.7 Å². The number of pyridine rings is 4. The predicted molar refractivity (Wildman–Crippen MR) is 182 cm³/mol. The van der Waals surface area contributed by atoms with E-state index in [1.165, 1.54) is 45.6 Å². The third-order valence-corrected chi connectivity index (χ3v) is 9.17. The summed E-state index contributed by atoms with van der Waals surface area (Å²) in [5, 5.41) is 0. The van der Waals surface area contributed by atoms with Gasteiger partial charge in [0.05, 0.1) is 28.8 Å². The van der Waals surface area contributed by atoms with Crippen molar-refractivity contribution in [3.05, 3.63) is 143 Å². The average Bonchev–Trinajstić information content (AvgIpc) is 3.46. The van der Waals surface area contributed by atoms with Crippen LogP contribution in [0, 0.1) is 0 Å². The summed E-state index contributed by atoms with van der Waals surface area (Å²) < 4.78 is 0. The van der Waals surface area contributed by atoms with E-state index < -0.39 is 0 Å². The normalized spacial score (nSPS) is 14.9. The summed E-state index contributed by atoms with van der Waals surface area (Å²) in [6.07, 6.45) is 14.4. The number of fused-ring (bicyclic) bond motifs is 4. The lowest BCUT2D eigenvalue weighted by atomic mass is 9.90. The van der Waals surface area contributed by atoms with Gasteiger partial charge in [-0.1, -0.05) is 42.5 Å².